The molecule has 2 aromatic rings. The van der Waals surface area contributed by atoms with Gasteiger partial charge in [-0.2, -0.15) is 0 Å². The van der Waals surface area contributed by atoms with E-state index in [1.54, 1.807) is 31.4 Å². The molecule has 8 nitrogen and oxygen atoms in total. The van der Waals surface area contributed by atoms with Crippen LogP contribution in [0.4, 0.5) is 0 Å². The zero-order valence-corrected chi connectivity index (χ0v) is 23.8. The van der Waals surface area contributed by atoms with E-state index in [4.69, 9.17) is 18.9 Å². The summed E-state index contributed by atoms with van der Waals surface area (Å²) in [5.41, 5.74) is 1.42. The van der Waals surface area contributed by atoms with Gasteiger partial charge in [-0.25, -0.2) is 0 Å². The van der Waals surface area contributed by atoms with E-state index in [9.17, 15) is 14.7 Å². The van der Waals surface area contributed by atoms with Crippen molar-refractivity contribution in [2.75, 3.05) is 46.6 Å². The van der Waals surface area contributed by atoms with E-state index in [1.807, 2.05) is 18.2 Å². The summed E-state index contributed by atoms with van der Waals surface area (Å²) in [4.78, 5) is 27.7. The molecule has 0 bridgehead atoms. The highest BCUT2D eigenvalue weighted by Crippen LogP contribution is 2.36. The molecule has 0 unspecified atom stereocenters. The number of ether oxygens (including phenoxy) is 4. The Bertz CT molecular complexity index is 1100. The fourth-order valence-corrected chi connectivity index (χ4v) is 5.29. The number of carbonyl (C=O) groups excluding carboxylic acids is 2. The summed E-state index contributed by atoms with van der Waals surface area (Å²) in [5, 5.41) is 11.4. The van der Waals surface area contributed by atoms with Gasteiger partial charge in [0.15, 0.2) is 17.3 Å². The lowest BCUT2D eigenvalue weighted by atomic mass is 9.88. The van der Waals surface area contributed by atoms with Gasteiger partial charge in [-0.15, -0.1) is 0 Å². The number of ketones is 2. The third-order valence-corrected chi connectivity index (χ3v) is 7.59. The van der Waals surface area contributed by atoms with Crippen molar-refractivity contribution in [2.45, 2.75) is 71.5 Å². The molecule has 0 amide bonds. The summed E-state index contributed by atoms with van der Waals surface area (Å²) in [6.45, 7) is 6.11. The number of carbonyl (C=O) groups is 2. The zero-order valence-electron chi connectivity index (χ0n) is 23.8. The number of unbranched alkanes of at least 4 members (excludes halogenated alkanes) is 2. The van der Waals surface area contributed by atoms with Crippen molar-refractivity contribution >= 4 is 11.6 Å². The molecule has 0 aliphatic carbocycles. The van der Waals surface area contributed by atoms with Crippen LogP contribution in [0.3, 0.4) is 0 Å². The van der Waals surface area contributed by atoms with Gasteiger partial charge in [-0.05, 0) is 61.2 Å². The number of benzene rings is 2. The van der Waals surface area contributed by atoms with Gasteiger partial charge >= 0.3 is 0 Å². The third kappa shape index (κ3) is 9.55. The summed E-state index contributed by atoms with van der Waals surface area (Å²) < 4.78 is 22.3. The molecular formula is C33H47NO7. The normalized spacial score (nSPS) is 16.3. The van der Waals surface area contributed by atoms with Crippen LogP contribution in [0.1, 0.15) is 81.3 Å². The van der Waals surface area contributed by atoms with Gasteiger partial charge in [-0.1, -0.05) is 26.8 Å². The molecule has 2 atom stereocenters. The lowest BCUT2D eigenvalue weighted by Crippen LogP contribution is -2.54. The summed E-state index contributed by atoms with van der Waals surface area (Å²) in [6.07, 6.45) is 3.92. The van der Waals surface area contributed by atoms with Gasteiger partial charge in [0, 0.05) is 57.0 Å². The van der Waals surface area contributed by atoms with Crippen molar-refractivity contribution in [3.63, 3.8) is 0 Å². The highest BCUT2D eigenvalue weighted by Gasteiger charge is 2.33. The van der Waals surface area contributed by atoms with E-state index < -0.39 is 6.10 Å². The third-order valence-electron chi connectivity index (χ3n) is 7.59. The first-order valence-electron chi connectivity index (χ1n) is 14.6. The number of aliphatic hydroxyl groups excluding tert-OH is 1. The van der Waals surface area contributed by atoms with Gasteiger partial charge in [-0.3, -0.25) is 14.5 Å². The second kappa shape index (κ2) is 16.5. The fourth-order valence-electron chi connectivity index (χ4n) is 5.29. The van der Waals surface area contributed by atoms with E-state index in [2.05, 4.69) is 11.8 Å². The minimum Gasteiger partial charge on any atom is -0.497 e. The summed E-state index contributed by atoms with van der Waals surface area (Å²) in [7, 11) is 1.60. The van der Waals surface area contributed by atoms with Crippen LogP contribution in [0.5, 0.6) is 17.2 Å². The van der Waals surface area contributed by atoms with E-state index in [0.717, 1.165) is 56.7 Å². The van der Waals surface area contributed by atoms with Crippen molar-refractivity contribution in [1.29, 1.82) is 0 Å². The van der Waals surface area contributed by atoms with E-state index in [1.165, 1.54) is 0 Å². The average Bonchev–Trinajstić information content (AvgIpc) is 2.96. The Balaban J connectivity index is 0.00000462. The van der Waals surface area contributed by atoms with Gasteiger partial charge in [0.1, 0.15) is 24.7 Å². The first-order valence-corrected chi connectivity index (χ1v) is 14.6. The molecule has 1 saturated heterocycles. The summed E-state index contributed by atoms with van der Waals surface area (Å²) in [6, 6.07) is 12.7. The zero-order chi connectivity index (χ0) is 28.3. The quantitative estimate of drug-likeness (QED) is 0.193. The monoisotopic (exact) mass is 569 g/mol. The van der Waals surface area contributed by atoms with Gasteiger partial charge < -0.3 is 24.1 Å². The number of methoxy groups -OCH3 is 1. The number of aliphatic hydroxyl groups is 1. The molecule has 8 heteroatoms. The van der Waals surface area contributed by atoms with Crippen molar-refractivity contribution in [1.82, 2.24) is 4.90 Å². The maximum atomic E-state index is 13.0. The van der Waals surface area contributed by atoms with E-state index in [0.29, 0.717) is 56.1 Å². The Morgan fingerprint density at radius 1 is 1.00 bits per heavy atom. The molecule has 1 N–H and O–H groups in total. The predicted octanol–water partition coefficient (Wildman–Crippen LogP) is 5.66. The smallest absolute Gasteiger partial charge is 0.162 e. The minimum absolute atomic E-state index is 0. The molecule has 0 radical (unpaired) electrons. The van der Waals surface area contributed by atoms with E-state index >= 15 is 0 Å². The average molecular weight is 570 g/mol. The molecule has 4 rings (SSSR count). The van der Waals surface area contributed by atoms with Crippen LogP contribution in [0.15, 0.2) is 42.5 Å². The number of likely N-dealkylation sites (tertiary alicyclic amines) is 1. The standard InChI is InChI=1S/C32H43NO7.CH4/c1-3-15-38-28-21-33(22-28)20-25(32(36)24-11-14-30-31(19-24)40-17-16-39-30)18-26(34)7-5-4-6-8-29(35)23-9-12-27(37-2)13-10-23;/h9-14,19,25,28,32,36H,3-8,15-18,20-22H2,1-2H3;1H4/t25-,32-;/m1./s1. The SMILES string of the molecule is C.CCCOC1CN(C[C@@H](CC(=O)CCCCCC(=O)c2ccc(OC)cc2)[C@H](O)c2ccc3c(c2)OCCO3)C1. The number of rotatable bonds is 17. The first-order chi connectivity index (χ1) is 19.5. The molecule has 0 saturated carbocycles. The Labute approximate surface area is 244 Å². The predicted molar refractivity (Wildman–Crippen MR) is 159 cm³/mol. The summed E-state index contributed by atoms with van der Waals surface area (Å²) >= 11 is 0. The molecule has 1 fully saturated rings. The molecule has 2 heterocycles. The van der Waals surface area contributed by atoms with Crippen molar-refractivity contribution in [2.24, 2.45) is 5.92 Å². The molecule has 0 aromatic heterocycles. The Kier molecular flexibility index (Phi) is 13.1. The largest absolute Gasteiger partial charge is 0.497 e. The first kappa shape index (κ1) is 32.6. The molecular weight excluding hydrogens is 522 g/mol. The fraction of sp³-hybridized carbons (Fsp3) is 0.576. The second-order valence-corrected chi connectivity index (χ2v) is 10.8. The number of hydrogen-bond acceptors (Lipinski definition) is 8. The van der Waals surface area contributed by atoms with Crippen LogP contribution in [-0.4, -0.2) is 74.2 Å². The Morgan fingerprint density at radius 2 is 1.71 bits per heavy atom. The van der Waals surface area contributed by atoms with Gasteiger partial charge in [0.05, 0.1) is 19.3 Å². The van der Waals surface area contributed by atoms with Crippen LogP contribution in [0.2, 0.25) is 0 Å². The molecule has 0 spiro atoms. The molecule has 2 aliphatic heterocycles. The molecule has 226 valence electrons. The van der Waals surface area contributed by atoms with Gasteiger partial charge in [0.2, 0.25) is 0 Å². The molecule has 2 aliphatic rings. The van der Waals surface area contributed by atoms with Crippen LogP contribution in [-0.2, 0) is 9.53 Å². The van der Waals surface area contributed by atoms with Crippen LogP contribution < -0.4 is 14.2 Å². The maximum absolute atomic E-state index is 13.0. The van der Waals surface area contributed by atoms with Crippen LogP contribution in [0.25, 0.3) is 0 Å². The van der Waals surface area contributed by atoms with Crippen molar-refractivity contribution < 1.29 is 33.6 Å². The number of Topliss-reactive ketones (excluding diaryl/α,β-unsaturated/α-hetero) is 2. The number of nitrogens with zero attached hydrogens (tertiary/aromatic N) is 1. The highest BCUT2D eigenvalue weighted by molar-refractivity contribution is 5.96. The van der Waals surface area contributed by atoms with Crippen molar-refractivity contribution in [3.8, 4) is 17.2 Å². The lowest BCUT2D eigenvalue weighted by Gasteiger charge is -2.41. The minimum atomic E-state index is -0.794. The molecule has 41 heavy (non-hydrogen) atoms. The number of hydrogen-bond donors (Lipinski definition) is 1. The maximum Gasteiger partial charge on any atom is 0.162 e. The number of fused-ring (bicyclic) bond motifs is 1. The van der Waals surface area contributed by atoms with Gasteiger partial charge in [0.25, 0.3) is 0 Å². The van der Waals surface area contributed by atoms with E-state index in [-0.39, 0.29) is 31.0 Å². The van der Waals surface area contributed by atoms with Crippen molar-refractivity contribution in [3.05, 3.63) is 53.6 Å². The van der Waals surface area contributed by atoms with Crippen LogP contribution in [0, 0.1) is 5.92 Å². The second-order valence-electron chi connectivity index (χ2n) is 10.8. The molecule has 2 aromatic carbocycles. The lowest BCUT2D eigenvalue weighted by molar-refractivity contribution is -0.122. The van der Waals surface area contributed by atoms with Crippen LogP contribution >= 0.6 is 0 Å². The Morgan fingerprint density at radius 3 is 2.41 bits per heavy atom. The topological polar surface area (TPSA) is 94.5 Å². The highest BCUT2D eigenvalue weighted by atomic mass is 16.6. The Hall–Kier alpha value is -2.94. The summed E-state index contributed by atoms with van der Waals surface area (Å²) in [5.74, 6) is 2.05.